The molecule has 0 radical (unpaired) electrons. The Morgan fingerprint density at radius 1 is 0.875 bits per heavy atom. The lowest BCUT2D eigenvalue weighted by Crippen LogP contribution is -2.08. The van der Waals surface area contributed by atoms with E-state index >= 15 is 0 Å². The van der Waals surface area contributed by atoms with Crippen molar-refractivity contribution in [3.63, 3.8) is 0 Å². The molecule has 0 N–H and O–H groups in total. The summed E-state index contributed by atoms with van der Waals surface area (Å²) in [6.07, 6.45) is 20.8. The largest absolute Gasteiger partial charge is 0.334 e. The van der Waals surface area contributed by atoms with Gasteiger partial charge < -0.3 is 4.57 Å². The molecule has 0 bridgehead atoms. The van der Waals surface area contributed by atoms with Gasteiger partial charge in [-0.25, -0.2) is 4.98 Å². The Morgan fingerprint density at radius 3 is 2.25 bits per heavy atom. The van der Waals surface area contributed by atoms with Crippen LogP contribution in [0, 0.1) is 0 Å². The molecule has 0 aliphatic heterocycles. The fourth-order valence-electron chi connectivity index (χ4n) is 3.42. The molecular weight excluding hydrogens is 292 g/mol. The number of unbranched alkanes of at least 4 members (excludes halogenated alkanes) is 7. The van der Waals surface area contributed by atoms with Gasteiger partial charge in [0.1, 0.15) is 0 Å². The number of aryl methyl sites for hydroxylation is 1. The van der Waals surface area contributed by atoms with Crippen LogP contribution in [-0.2, 0) is 6.42 Å². The molecule has 2 aromatic rings. The second-order valence-corrected chi connectivity index (χ2v) is 6.95. The Bertz CT molecular complexity index is 504. The average molecular weight is 327 g/mol. The van der Waals surface area contributed by atoms with Gasteiger partial charge in [0.05, 0.1) is 6.33 Å². The summed E-state index contributed by atoms with van der Waals surface area (Å²) in [5.41, 5.74) is 1.44. The van der Waals surface area contributed by atoms with Crippen LogP contribution in [0.5, 0.6) is 0 Å². The average Bonchev–Trinajstić information content (AvgIpc) is 3.15. The number of rotatable bonds is 13. The normalized spacial score (nSPS) is 12.4. The van der Waals surface area contributed by atoms with Crippen molar-refractivity contribution in [1.29, 1.82) is 0 Å². The van der Waals surface area contributed by atoms with E-state index in [-0.39, 0.29) is 0 Å². The quantitative estimate of drug-likeness (QED) is 0.380. The fourth-order valence-corrected chi connectivity index (χ4v) is 3.42. The maximum atomic E-state index is 4.25. The molecule has 0 spiro atoms. The molecule has 0 aliphatic carbocycles. The summed E-state index contributed by atoms with van der Waals surface area (Å²) in [4.78, 5) is 4.25. The smallest absolute Gasteiger partial charge is 0.0948 e. The maximum Gasteiger partial charge on any atom is 0.0948 e. The van der Waals surface area contributed by atoms with Crippen LogP contribution in [0.3, 0.4) is 0 Å². The molecule has 132 valence electrons. The third-order valence-electron chi connectivity index (χ3n) is 4.95. The molecule has 1 aromatic heterocycles. The van der Waals surface area contributed by atoms with E-state index < -0.39 is 0 Å². The molecule has 0 aliphatic rings. The predicted molar refractivity (Wildman–Crippen MR) is 103 cm³/mol. The van der Waals surface area contributed by atoms with E-state index in [2.05, 4.69) is 53.0 Å². The van der Waals surface area contributed by atoms with Gasteiger partial charge >= 0.3 is 0 Å². The number of hydrogen-bond donors (Lipinski definition) is 0. The van der Waals surface area contributed by atoms with Gasteiger partial charge in [-0.15, -0.1) is 0 Å². The molecule has 2 nitrogen and oxygen atoms in total. The van der Waals surface area contributed by atoms with E-state index in [4.69, 9.17) is 0 Å². The van der Waals surface area contributed by atoms with Gasteiger partial charge in [-0.2, -0.15) is 0 Å². The third kappa shape index (κ3) is 7.33. The molecule has 2 rings (SSSR count). The zero-order chi connectivity index (χ0) is 16.9. The van der Waals surface area contributed by atoms with Crippen molar-refractivity contribution < 1.29 is 0 Å². The van der Waals surface area contributed by atoms with E-state index in [0.717, 1.165) is 6.42 Å². The van der Waals surface area contributed by atoms with Crippen molar-refractivity contribution in [2.75, 3.05) is 0 Å². The summed E-state index contributed by atoms with van der Waals surface area (Å²) in [7, 11) is 0. The first kappa shape index (κ1) is 18.8. The highest BCUT2D eigenvalue weighted by atomic mass is 15.0. The standard InChI is InChI=1S/C22H34N2/c1-2-3-4-5-6-7-8-12-15-22(24-19-18-23-20-24)17-16-21-13-10-9-11-14-21/h9-11,13-14,18-20,22H,2-8,12,15-17H2,1H3. The van der Waals surface area contributed by atoms with Gasteiger partial charge in [0.25, 0.3) is 0 Å². The Balaban J connectivity index is 1.68. The zero-order valence-corrected chi connectivity index (χ0v) is 15.4. The molecule has 2 heteroatoms. The molecule has 0 saturated carbocycles. The molecule has 0 amide bonds. The van der Waals surface area contributed by atoms with Crippen molar-refractivity contribution in [1.82, 2.24) is 9.55 Å². The van der Waals surface area contributed by atoms with Crippen molar-refractivity contribution >= 4 is 0 Å². The van der Waals surface area contributed by atoms with Crippen LogP contribution in [0.4, 0.5) is 0 Å². The minimum Gasteiger partial charge on any atom is -0.334 e. The Hall–Kier alpha value is -1.57. The molecule has 24 heavy (non-hydrogen) atoms. The highest BCUT2D eigenvalue weighted by Gasteiger charge is 2.10. The Morgan fingerprint density at radius 2 is 1.58 bits per heavy atom. The highest BCUT2D eigenvalue weighted by Crippen LogP contribution is 2.22. The summed E-state index contributed by atoms with van der Waals surface area (Å²) in [5, 5.41) is 0. The minimum absolute atomic E-state index is 0.591. The number of hydrogen-bond acceptors (Lipinski definition) is 1. The predicted octanol–water partition coefficient (Wildman–Crippen LogP) is 6.59. The molecule has 0 saturated heterocycles. The van der Waals surface area contributed by atoms with Crippen LogP contribution < -0.4 is 0 Å². The van der Waals surface area contributed by atoms with E-state index in [1.807, 2.05) is 12.5 Å². The Labute approximate surface area is 148 Å². The lowest BCUT2D eigenvalue weighted by Gasteiger charge is -2.18. The first-order valence-corrected chi connectivity index (χ1v) is 9.91. The minimum atomic E-state index is 0.591. The van der Waals surface area contributed by atoms with Gasteiger partial charge in [-0.1, -0.05) is 88.6 Å². The molecule has 0 fully saturated rings. The van der Waals surface area contributed by atoms with E-state index in [1.54, 1.807) is 0 Å². The molecule has 1 atom stereocenters. The van der Waals surface area contributed by atoms with E-state index in [9.17, 15) is 0 Å². The third-order valence-corrected chi connectivity index (χ3v) is 4.95. The summed E-state index contributed by atoms with van der Waals surface area (Å²) in [6, 6.07) is 11.4. The SMILES string of the molecule is CCCCCCCCCCC(CCc1ccccc1)n1ccnc1. The molecule has 1 unspecified atom stereocenters. The molecule has 1 aromatic carbocycles. The number of aromatic nitrogens is 2. The maximum absolute atomic E-state index is 4.25. The van der Waals surface area contributed by atoms with Gasteiger partial charge in [0, 0.05) is 18.4 Å². The van der Waals surface area contributed by atoms with Crippen LogP contribution in [0.25, 0.3) is 0 Å². The van der Waals surface area contributed by atoms with Gasteiger partial charge in [0.2, 0.25) is 0 Å². The summed E-state index contributed by atoms with van der Waals surface area (Å²) in [6.45, 7) is 2.28. The first-order chi connectivity index (χ1) is 11.9. The number of imidazole rings is 1. The summed E-state index contributed by atoms with van der Waals surface area (Å²) < 4.78 is 2.31. The fraction of sp³-hybridized carbons (Fsp3) is 0.591. The lowest BCUT2D eigenvalue weighted by molar-refractivity contribution is 0.411. The monoisotopic (exact) mass is 326 g/mol. The number of benzene rings is 1. The molecular formula is C22H34N2. The van der Waals surface area contributed by atoms with Gasteiger partial charge in [-0.3, -0.25) is 0 Å². The van der Waals surface area contributed by atoms with E-state index in [0.29, 0.717) is 6.04 Å². The van der Waals surface area contributed by atoms with Crippen LogP contribution >= 0.6 is 0 Å². The van der Waals surface area contributed by atoms with Crippen LogP contribution in [0.1, 0.15) is 82.7 Å². The van der Waals surface area contributed by atoms with E-state index in [1.165, 1.54) is 69.8 Å². The first-order valence-electron chi connectivity index (χ1n) is 9.91. The van der Waals surface area contributed by atoms with Crippen molar-refractivity contribution in [3.8, 4) is 0 Å². The second-order valence-electron chi connectivity index (χ2n) is 6.95. The van der Waals surface area contributed by atoms with Crippen LogP contribution in [0.15, 0.2) is 49.1 Å². The second kappa shape index (κ2) is 11.9. The lowest BCUT2D eigenvalue weighted by atomic mass is 9.99. The zero-order valence-electron chi connectivity index (χ0n) is 15.4. The van der Waals surface area contributed by atoms with Crippen molar-refractivity contribution in [2.24, 2.45) is 0 Å². The van der Waals surface area contributed by atoms with Crippen molar-refractivity contribution in [3.05, 3.63) is 54.6 Å². The number of nitrogens with zero attached hydrogens (tertiary/aromatic N) is 2. The summed E-state index contributed by atoms with van der Waals surface area (Å²) in [5.74, 6) is 0. The van der Waals surface area contributed by atoms with Crippen LogP contribution in [-0.4, -0.2) is 9.55 Å². The van der Waals surface area contributed by atoms with Crippen LogP contribution in [0.2, 0.25) is 0 Å². The molecule has 1 heterocycles. The Kier molecular flexibility index (Phi) is 9.29. The highest BCUT2D eigenvalue weighted by molar-refractivity contribution is 5.14. The van der Waals surface area contributed by atoms with Gasteiger partial charge in [-0.05, 0) is 24.8 Å². The topological polar surface area (TPSA) is 17.8 Å². The summed E-state index contributed by atoms with van der Waals surface area (Å²) >= 11 is 0. The van der Waals surface area contributed by atoms with Crippen molar-refractivity contribution in [2.45, 2.75) is 83.6 Å². The van der Waals surface area contributed by atoms with Gasteiger partial charge in [0.15, 0.2) is 0 Å².